The van der Waals surface area contributed by atoms with Crippen molar-refractivity contribution in [3.63, 3.8) is 0 Å². The minimum absolute atomic E-state index is 0.194. The van der Waals surface area contributed by atoms with E-state index < -0.39 is 6.09 Å². The van der Waals surface area contributed by atoms with Crippen molar-refractivity contribution in [3.05, 3.63) is 40.6 Å². The quantitative estimate of drug-likeness (QED) is 0.790. The Balaban J connectivity index is 2.09. The van der Waals surface area contributed by atoms with Gasteiger partial charge in [0.2, 0.25) is 0 Å². The molecule has 1 aliphatic rings. The summed E-state index contributed by atoms with van der Waals surface area (Å²) in [5.41, 5.74) is 1.68. The number of fused-ring (bicyclic) bond motifs is 1. The maximum absolute atomic E-state index is 11.8. The van der Waals surface area contributed by atoms with Gasteiger partial charge in [0.1, 0.15) is 0 Å². The van der Waals surface area contributed by atoms with Crippen molar-refractivity contribution in [2.45, 2.75) is 13.1 Å². The number of hydrogen-bond acceptors (Lipinski definition) is 3. The molecule has 0 aliphatic carbocycles. The summed E-state index contributed by atoms with van der Waals surface area (Å²) < 4.78 is 1.57. The average molecular weight is 260 g/mol. The Hall–Kier alpha value is -2.57. The Labute approximate surface area is 108 Å². The second-order valence-electron chi connectivity index (χ2n) is 4.32. The largest absolute Gasteiger partial charge is 0.465 e. The molecule has 0 unspecified atom stereocenters. The van der Waals surface area contributed by atoms with E-state index in [4.69, 9.17) is 5.11 Å². The monoisotopic (exact) mass is 260 g/mol. The van der Waals surface area contributed by atoms with E-state index >= 15 is 0 Å². The lowest BCUT2D eigenvalue weighted by molar-refractivity contribution is 0.132. The van der Waals surface area contributed by atoms with Gasteiger partial charge in [0.15, 0.2) is 0 Å². The van der Waals surface area contributed by atoms with Crippen LogP contribution < -0.4 is 5.69 Å². The van der Waals surface area contributed by atoms with E-state index in [0.29, 0.717) is 30.2 Å². The number of nitrogens with one attached hydrogen (secondary N) is 1. The molecule has 0 radical (unpaired) electrons. The number of imidazole rings is 1. The molecule has 19 heavy (non-hydrogen) atoms. The lowest BCUT2D eigenvalue weighted by Gasteiger charge is -2.25. The van der Waals surface area contributed by atoms with Gasteiger partial charge in [-0.1, -0.05) is 6.07 Å². The summed E-state index contributed by atoms with van der Waals surface area (Å²) in [5, 5.41) is 9.04. The Bertz CT molecular complexity index is 674. The standard InChI is InChI=1S/C12H12N4O3/c17-11-14-10(8-3-1-2-4-13-8)9-7-15(12(18)19)5-6-16(9)11/h1-4H,5-7H2,(H,14,17)(H,18,19). The number of carboxylic acid groups (broad SMARTS) is 1. The van der Waals surface area contributed by atoms with E-state index in [1.165, 1.54) is 4.90 Å². The molecule has 1 aliphatic heterocycles. The van der Waals surface area contributed by atoms with Gasteiger partial charge in [0.05, 0.1) is 23.6 Å². The Morgan fingerprint density at radius 1 is 1.37 bits per heavy atom. The minimum atomic E-state index is -0.980. The molecule has 3 heterocycles. The molecule has 0 spiro atoms. The molecule has 98 valence electrons. The van der Waals surface area contributed by atoms with Gasteiger partial charge < -0.3 is 15.0 Å². The number of rotatable bonds is 1. The molecule has 1 amide bonds. The first kappa shape index (κ1) is 11.5. The highest BCUT2D eigenvalue weighted by atomic mass is 16.4. The van der Waals surface area contributed by atoms with Crippen LogP contribution in [0, 0.1) is 0 Å². The Kier molecular flexibility index (Phi) is 2.59. The number of hydrogen-bond donors (Lipinski definition) is 2. The third-order valence-electron chi connectivity index (χ3n) is 3.22. The molecule has 2 N–H and O–H groups in total. The summed E-state index contributed by atoms with van der Waals surface area (Å²) in [5.74, 6) is 0. The molecule has 0 saturated heterocycles. The van der Waals surface area contributed by atoms with Crippen molar-refractivity contribution in [2.24, 2.45) is 0 Å². The highest BCUT2D eigenvalue weighted by Crippen LogP contribution is 2.22. The molecular formula is C12H12N4O3. The van der Waals surface area contributed by atoms with E-state index in [1.807, 2.05) is 6.07 Å². The van der Waals surface area contributed by atoms with Gasteiger partial charge in [-0.3, -0.25) is 9.55 Å². The zero-order chi connectivity index (χ0) is 13.4. The number of aromatic nitrogens is 3. The molecule has 2 aromatic rings. The smallest absolute Gasteiger partial charge is 0.407 e. The fraction of sp³-hybridized carbons (Fsp3) is 0.250. The van der Waals surface area contributed by atoms with Crippen molar-refractivity contribution in [3.8, 4) is 11.4 Å². The van der Waals surface area contributed by atoms with Gasteiger partial charge in [0, 0.05) is 19.3 Å². The molecule has 7 nitrogen and oxygen atoms in total. The second-order valence-corrected chi connectivity index (χ2v) is 4.32. The van der Waals surface area contributed by atoms with Crippen LogP contribution in [0.2, 0.25) is 0 Å². The molecule has 2 aromatic heterocycles. The first-order valence-electron chi connectivity index (χ1n) is 5.88. The van der Waals surface area contributed by atoms with Crippen LogP contribution in [0.4, 0.5) is 4.79 Å². The van der Waals surface area contributed by atoms with Crippen LogP contribution in [0.25, 0.3) is 11.4 Å². The number of nitrogens with zero attached hydrogens (tertiary/aromatic N) is 3. The molecule has 3 rings (SSSR count). The lowest BCUT2D eigenvalue weighted by atomic mass is 10.2. The van der Waals surface area contributed by atoms with Gasteiger partial charge in [0.25, 0.3) is 0 Å². The summed E-state index contributed by atoms with van der Waals surface area (Å²) in [6, 6.07) is 5.39. The average Bonchev–Trinajstić information content (AvgIpc) is 2.77. The van der Waals surface area contributed by atoms with Crippen LogP contribution in [-0.4, -0.2) is 37.2 Å². The zero-order valence-electron chi connectivity index (χ0n) is 10.0. The van der Waals surface area contributed by atoms with Crippen molar-refractivity contribution in [1.29, 1.82) is 0 Å². The van der Waals surface area contributed by atoms with E-state index in [-0.39, 0.29) is 12.2 Å². The predicted molar refractivity (Wildman–Crippen MR) is 66.7 cm³/mol. The molecule has 0 fully saturated rings. The third-order valence-corrected chi connectivity index (χ3v) is 3.22. The minimum Gasteiger partial charge on any atom is -0.465 e. The van der Waals surface area contributed by atoms with Crippen LogP contribution in [0.3, 0.4) is 0 Å². The summed E-state index contributed by atoms with van der Waals surface area (Å²) in [6.45, 7) is 0.880. The van der Waals surface area contributed by atoms with Crippen LogP contribution in [0.5, 0.6) is 0 Å². The van der Waals surface area contributed by atoms with Gasteiger partial charge in [-0.2, -0.15) is 0 Å². The summed E-state index contributed by atoms with van der Waals surface area (Å²) >= 11 is 0. The number of carbonyl (C=O) groups is 1. The van der Waals surface area contributed by atoms with E-state index in [9.17, 15) is 9.59 Å². The molecule has 0 bridgehead atoms. The Morgan fingerprint density at radius 3 is 2.89 bits per heavy atom. The molecule has 7 heteroatoms. The number of H-pyrrole nitrogens is 1. The third kappa shape index (κ3) is 1.88. The Morgan fingerprint density at radius 2 is 2.21 bits per heavy atom. The van der Waals surface area contributed by atoms with Crippen LogP contribution in [-0.2, 0) is 13.1 Å². The fourth-order valence-corrected chi connectivity index (χ4v) is 2.27. The van der Waals surface area contributed by atoms with E-state index in [2.05, 4.69) is 9.97 Å². The van der Waals surface area contributed by atoms with E-state index in [0.717, 1.165) is 0 Å². The highest BCUT2D eigenvalue weighted by Gasteiger charge is 2.25. The number of amides is 1. The molecule has 0 saturated carbocycles. The van der Waals surface area contributed by atoms with Crippen molar-refractivity contribution < 1.29 is 9.90 Å². The van der Waals surface area contributed by atoms with Crippen molar-refractivity contribution >= 4 is 6.09 Å². The predicted octanol–water partition coefficient (Wildman–Crippen LogP) is 0.732. The summed E-state index contributed by atoms with van der Waals surface area (Å²) in [7, 11) is 0. The maximum atomic E-state index is 11.8. The van der Waals surface area contributed by atoms with Crippen LogP contribution >= 0.6 is 0 Å². The summed E-state index contributed by atoms with van der Waals surface area (Å²) in [4.78, 5) is 31.1. The van der Waals surface area contributed by atoms with Crippen molar-refractivity contribution in [1.82, 2.24) is 19.4 Å². The lowest BCUT2D eigenvalue weighted by Crippen LogP contribution is -2.39. The summed E-state index contributed by atoms with van der Waals surface area (Å²) in [6.07, 6.45) is 0.655. The normalized spacial score (nSPS) is 14.2. The van der Waals surface area contributed by atoms with Gasteiger partial charge in [-0.05, 0) is 12.1 Å². The van der Waals surface area contributed by atoms with Crippen LogP contribution in [0.15, 0.2) is 29.2 Å². The van der Waals surface area contributed by atoms with Crippen LogP contribution in [0.1, 0.15) is 5.69 Å². The maximum Gasteiger partial charge on any atom is 0.407 e. The van der Waals surface area contributed by atoms with Crippen molar-refractivity contribution in [2.75, 3.05) is 6.54 Å². The molecule has 0 atom stereocenters. The van der Waals surface area contributed by atoms with Gasteiger partial charge in [-0.15, -0.1) is 0 Å². The molecule has 0 aromatic carbocycles. The number of pyridine rings is 1. The topological polar surface area (TPSA) is 91.2 Å². The first-order chi connectivity index (χ1) is 9.16. The number of aromatic amines is 1. The fourth-order valence-electron chi connectivity index (χ4n) is 2.27. The van der Waals surface area contributed by atoms with Gasteiger partial charge in [-0.25, -0.2) is 9.59 Å². The first-order valence-corrected chi connectivity index (χ1v) is 5.88. The second kappa shape index (κ2) is 4.27. The van der Waals surface area contributed by atoms with Gasteiger partial charge >= 0.3 is 11.8 Å². The SMILES string of the molecule is O=C(O)N1CCn2c(c(-c3ccccn3)[nH]c2=O)C1. The molecular weight excluding hydrogens is 248 g/mol. The van der Waals surface area contributed by atoms with E-state index in [1.54, 1.807) is 22.9 Å². The zero-order valence-corrected chi connectivity index (χ0v) is 10.0. The highest BCUT2D eigenvalue weighted by molar-refractivity contribution is 5.66.